The van der Waals surface area contributed by atoms with Gasteiger partial charge in [-0.15, -0.1) is 0 Å². The lowest BCUT2D eigenvalue weighted by Gasteiger charge is -2.14. The fourth-order valence-electron chi connectivity index (χ4n) is 2.05. The van der Waals surface area contributed by atoms with Gasteiger partial charge in [-0.2, -0.15) is 0 Å². The van der Waals surface area contributed by atoms with Gasteiger partial charge in [0.2, 0.25) is 0 Å². The lowest BCUT2D eigenvalue weighted by molar-refractivity contribution is 0.0302. The molecule has 3 N–H and O–H groups in total. The molecule has 0 bridgehead atoms. The third-order valence-corrected chi connectivity index (χ3v) is 3.06. The van der Waals surface area contributed by atoms with Gasteiger partial charge < -0.3 is 15.6 Å². The van der Waals surface area contributed by atoms with E-state index in [1.807, 2.05) is 0 Å². The number of nitrogens with zero attached hydrogens (tertiary/aromatic N) is 4. The van der Waals surface area contributed by atoms with Crippen molar-refractivity contribution in [3.05, 3.63) is 12.7 Å². The summed E-state index contributed by atoms with van der Waals surface area (Å²) in [5.41, 5.74) is 4.91. The highest BCUT2D eigenvalue weighted by Crippen LogP contribution is 2.35. The lowest BCUT2D eigenvalue weighted by atomic mass is 10.1. The van der Waals surface area contributed by atoms with Gasteiger partial charge in [0, 0.05) is 6.42 Å². The van der Waals surface area contributed by atoms with Crippen LogP contribution in [0.3, 0.4) is 0 Å². The number of nitrogen functional groups attached to an aromatic ring is 1. The smallest absolute Gasteiger partial charge is 0.167 e. The Kier molecular flexibility index (Phi) is 2.42. The van der Waals surface area contributed by atoms with Crippen molar-refractivity contribution in [2.24, 2.45) is 0 Å². The summed E-state index contributed by atoms with van der Waals surface area (Å²) in [6.07, 6.45) is 2.32. The average Bonchev–Trinajstić information content (AvgIpc) is 2.94. The van der Waals surface area contributed by atoms with Gasteiger partial charge in [0.25, 0.3) is 0 Å². The molecule has 0 aliphatic carbocycles. The predicted octanol–water partition coefficient (Wildman–Crippen LogP) is 0.0280. The summed E-state index contributed by atoms with van der Waals surface area (Å²) in [6.45, 7) is -0.707. The SMILES string of the molecule is Nc1ncnc2c1ncn2[C@H]1C[C@](F)(CO)CO1. The lowest BCUT2D eigenvalue weighted by Crippen LogP contribution is -2.27. The molecule has 3 heterocycles. The van der Waals surface area contributed by atoms with Crippen LogP contribution in [0.2, 0.25) is 0 Å². The highest BCUT2D eigenvalue weighted by atomic mass is 19.1. The van der Waals surface area contributed by atoms with Crippen LogP contribution in [0.4, 0.5) is 10.2 Å². The molecule has 1 fully saturated rings. The minimum atomic E-state index is -1.71. The Morgan fingerprint density at radius 3 is 3.11 bits per heavy atom. The van der Waals surface area contributed by atoms with E-state index in [1.54, 1.807) is 4.57 Å². The van der Waals surface area contributed by atoms with E-state index in [9.17, 15) is 4.39 Å². The number of alkyl halides is 1. The van der Waals surface area contributed by atoms with E-state index < -0.39 is 18.5 Å². The number of aliphatic hydroxyl groups excluding tert-OH is 1. The van der Waals surface area contributed by atoms with E-state index in [-0.39, 0.29) is 18.8 Å². The molecule has 0 unspecified atom stereocenters. The predicted molar refractivity (Wildman–Crippen MR) is 60.3 cm³/mol. The van der Waals surface area contributed by atoms with Gasteiger partial charge in [-0.1, -0.05) is 0 Å². The number of ether oxygens (including phenoxy) is 1. The number of anilines is 1. The zero-order valence-corrected chi connectivity index (χ0v) is 9.45. The number of nitrogens with two attached hydrogens (primary N) is 1. The Bertz CT molecular complexity index is 589. The molecule has 0 amide bonds. The Balaban J connectivity index is 1.99. The number of imidazole rings is 1. The van der Waals surface area contributed by atoms with Gasteiger partial charge in [-0.25, -0.2) is 19.3 Å². The van der Waals surface area contributed by atoms with Crippen molar-refractivity contribution in [2.45, 2.75) is 18.3 Å². The van der Waals surface area contributed by atoms with Crippen molar-refractivity contribution >= 4 is 17.0 Å². The van der Waals surface area contributed by atoms with Crippen LogP contribution in [-0.4, -0.2) is 43.5 Å². The van der Waals surface area contributed by atoms with E-state index in [2.05, 4.69) is 15.0 Å². The molecule has 0 radical (unpaired) electrons. The second-order valence-electron chi connectivity index (χ2n) is 4.36. The molecule has 0 spiro atoms. The second-order valence-corrected chi connectivity index (χ2v) is 4.36. The summed E-state index contributed by atoms with van der Waals surface area (Å²) in [5, 5.41) is 8.97. The molecule has 0 saturated carbocycles. The summed E-state index contributed by atoms with van der Waals surface area (Å²) in [7, 11) is 0. The Hall–Kier alpha value is -1.80. The third-order valence-electron chi connectivity index (χ3n) is 3.06. The highest BCUT2D eigenvalue weighted by molar-refractivity contribution is 5.81. The van der Waals surface area contributed by atoms with Crippen LogP contribution in [0.5, 0.6) is 0 Å². The van der Waals surface area contributed by atoms with Crippen molar-refractivity contribution < 1.29 is 14.2 Å². The van der Waals surface area contributed by atoms with E-state index >= 15 is 0 Å². The van der Waals surface area contributed by atoms with Crippen molar-refractivity contribution in [3.63, 3.8) is 0 Å². The first-order valence-electron chi connectivity index (χ1n) is 5.47. The number of hydrogen-bond donors (Lipinski definition) is 2. The van der Waals surface area contributed by atoms with E-state index in [4.69, 9.17) is 15.6 Å². The Labute approximate surface area is 101 Å². The normalized spacial score (nSPS) is 28.0. The maximum absolute atomic E-state index is 13.9. The zero-order chi connectivity index (χ0) is 12.8. The molecule has 18 heavy (non-hydrogen) atoms. The highest BCUT2D eigenvalue weighted by Gasteiger charge is 2.41. The maximum atomic E-state index is 13.9. The summed E-state index contributed by atoms with van der Waals surface area (Å²) in [4.78, 5) is 12.0. The standard InChI is InChI=1S/C10H12FN5O2/c11-10(2-17)1-6(18-3-10)16-5-15-7-8(12)13-4-14-9(7)16/h4-6,17H,1-3H2,(H2,12,13,14)/t6-,10+/m1/s1. The molecular weight excluding hydrogens is 241 g/mol. The first kappa shape index (κ1) is 11.3. The molecule has 96 valence electrons. The van der Waals surface area contributed by atoms with E-state index in [0.29, 0.717) is 11.2 Å². The molecular formula is C10H12FN5O2. The average molecular weight is 253 g/mol. The minimum Gasteiger partial charge on any atom is -0.393 e. The largest absolute Gasteiger partial charge is 0.393 e. The van der Waals surface area contributed by atoms with Gasteiger partial charge in [-0.3, -0.25) is 4.57 Å². The van der Waals surface area contributed by atoms with Crippen LogP contribution in [0, 0.1) is 0 Å². The van der Waals surface area contributed by atoms with E-state index in [0.717, 1.165) is 0 Å². The fourth-order valence-corrected chi connectivity index (χ4v) is 2.05. The molecule has 2 aromatic heterocycles. The van der Waals surface area contributed by atoms with Crippen molar-refractivity contribution in [1.29, 1.82) is 0 Å². The van der Waals surface area contributed by atoms with Gasteiger partial charge in [0.05, 0.1) is 19.5 Å². The minimum absolute atomic E-state index is 0.0544. The van der Waals surface area contributed by atoms with Crippen LogP contribution in [0.15, 0.2) is 12.7 Å². The molecule has 2 aromatic rings. The van der Waals surface area contributed by atoms with Crippen LogP contribution in [-0.2, 0) is 4.74 Å². The van der Waals surface area contributed by atoms with Crippen molar-refractivity contribution in [1.82, 2.24) is 19.5 Å². The van der Waals surface area contributed by atoms with Gasteiger partial charge in [0.1, 0.15) is 18.1 Å². The summed E-state index contributed by atoms with van der Waals surface area (Å²) >= 11 is 0. The van der Waals surface area contributed by atoms with E-state index in [1.165, 1.54) is 12.7 Å². The maximum Gasteiger partial charge on any atom is 0.167 e. The number of aromatic nitrogens is 4. The summed E-state index contributed by atoms with van der Waals surface area (Å²) in [5.74, 6) is 0.269. The van der Waals surface area contributed by atoms with Crippen molar-refractivity contribution in [2.75, 3.05) is 18.9 Å². The first-order chi connectivity index (χ1) is 8.63. The summed E-state index contributed by atoms with van der Waals surface area (Å²) < 4.78 is 20.8. The Morgan fingerprint density at radius 2 is 2.39 bits per heavy atom. The van der Waals surface area contributed by atoms with Crippen LogP contribution >= 0.6 is 0 Å². The third kappa shape index (κ3) is 1.61. The first-order valence-corrected chi connectivity index (χ1v) is 5.47. The van der Waals surface area contributed by atoms with Gasteiger partial charge in [0.15, 0.2) is 17.1 Å². The molecule has 1 aliphatic heterocycles. The second kappa shape index (κ2) is 3.85. The molecule has 1 saturated heterocycles. The van der Waals surface area contributed by atoms with Gasteiger partial charge >= 0.3 is 0 Å². The summed E-state index contributed by atoms with van der Waals surface area (Å²) in [6, 6.07) is 0. The molecule has 7 nitrogen and oxygen atoms in total. The molecule has 1 aliphatic rings. The number of hydrogen-bond acceptors (Lipinski definition) is 6. The fraction of sp³-hybridized carbons (Fsp3) is 0.500. The number of aliphatic hydroxyl groups is 1. The van der Waals surface area contributed by atoms with Gasteiger partial charge in [-0.05, 0) is 0 Å². The number of halogens is 1. The molecule has 3 rings (SSSR count). The molecule has 8 heteroatoms. The molecule has 0 aromatic carbocycles. The van der Waals surface area contributed by atoms with Crippen LogP contribution in [0.25, 0.3) is 11.2 Å². The van der Waals surface area contributed by atoms with Crippen molar-refractivity contribution in [3.8, 4) is 0 Å². The monoisotopic (exact) mass is 253 g/mol. The number of rotatable bonds is 2. The zero-order valence-electron chi connectivity index (χ0n) is 9.45. The Morgan fingerprint density at radius 1 is 1.56 bits per heavy atom. The topological polar surface area (TPSA) is 99.1 Å². The van der Waals surface area contributed by atoms with Crippen LogP contribution < -0.4 is 5.73 Å². The quantitative estimate of drug-likeness (QED) is 0.783. The molecule has 2 atom stereocenters. The number of fused-ring (bicyclic) bond motifs is 1. The van der Waals surface area contributed by atoms with Crippen LogP contribution in [0.1, 0.15) is 12.6 Å².